The van der Waals surface area contributed by atoms with Crippen molar-refractivity contribution in [3.8, 4) is 11.5 Å². The number of imide groups is 1. The Morgan fingerprint density at radius 3 is 2.66 bits per heavy atom. The molecular formula is C16H17N5O7S. The maximum atomic E-state index is 11.9. The van der Waals surface area contributed by atoms with Crippen molar-refractivity contribution in [2.45, 2.75) is 11.7 Å². The minimum Gasteiger partial charge on any atom is -0.493 e. The number of ether oxygens (including phenoxy) is 2. The number of methoxy groups -OCH3 is 2. The van der Waals surface area contributed by atoms with Crippen LogP contribution in [0.4, 0.5) is 4.79 Å². The monoisotopic (exact) mass is 423 g/mol. The summed E-state index contributed by atoms with van der Waals surface area (Å²) in [5.74, 6) is -2.17. The molecule has 0 unspecified atom stereocenters. The molecule has 5 N–H and O–H groups in total. The largest absolute Gasteiger partial charge is 0.493 e. The fraction of sp³-hybridized carbons (Fsp3) is 0.250. The average Bonchev–Trinajstić information content (AvgIpc) is 2.99. The molecule has 2 rings (SSSR count). The molecule has 0 saturated carbocycles. The minimum atomic E-state index is -1.25. The lowest BCUT2D eigenvalue weighted by atomic mass is 10.1. The predicted molar refractivity (Wildman–Crippen MR) is 103 cm³/mol. The van der Waals surface area contributed by atoms with Gasteiger partial charge in [-0.2, -0.15) is 5.10 Å². The zero-order valence-corrected chi connectivity index (χ0v) is 16.1. The molecule has 1 fully saturated rings. The maximum Gasteiger partial charge on any atom is 0.340 e. The summed E-state index contributed by atoms with van der Waals surface area (Å²) in [6.07, 6.45) is 0.902. The number of nitrogens with zero attached hydrogens (tertiary/aromatic N) is 2. The Bertz CT molecular complexity index is 915. The van der Waals surface area contributed by atoms with Crippen LogP contribution in [0, 0.1) is 0 Å². The van der Waals surface area contributed by atoms with E-state index >= 15 is 0 Å². The number of amides is 4. The smallest absolute Gasteiger partial charge is 0.340 e. The van der Waals surface area contributed by atoms with E-state index in [1.165, 1.54) is 32.6 Å². The van der Waals surface area contributed by atoms with Crippen LogP contribution in [0.5, 0.6) is 11.5 Å². The van der Waals surface area contributed by atoms with Gasteiger partial charge >= 0.3 is 12.0 Å². The fourth-order valence-electron chi connectivity index (χ4n) is 2.36. The van der Waals surface area contributed by atoms with Gasteiger partial charge in [0.15, 0.2) is 16.7 Å². The first-order chi connectivity index (χ1) is 13.8. The topological polar surface area (TPSA) is 182 Å². The molecule has 0 aromatic heterocycles. The fourth-order valence-corrected chi connectivity index (χ4v) is 3.28. The summed E-state index contributed by atoms with van der Waals surface area (Å²) in [6.45, 7) is 0. The number of carbonyl (C=O) groups is 4. The molecule has 0 spiro atoms. The van der Waals surface area contributed by atoms with E-state index in [2.05, 4.69) is 15.5 Å². The Kier molecular flexibility index (Phi) is 7.14. The molecule has 0 aliphatic carbocycles. The summed E-state index contributed by atoms with van der Waals surface area (Å²) >= 11 is 0.935. The molecule has 1 aromatic rings. The molecular weight excluding hydrogens is 406 g/mol. The quantitative estimate of drug-likeness (QED) is 0.346. The van der Waals surface area contributed by atoms with Crippen LogP contribution in [-0.2, 0) is 9.59 Å². The number of carbonyl (C=O) groups excluding carboxylic acids is 3. The number of amidine groups is 1. The summed E-state index contributed by atoms with van der Waals surface area (Å²) in [7, 11) is 2.69. The second-order valence-corrected chi connectivity index (χ2v) is 6.62. The first-order valence-corrected chi connectivity index (χ1v) is 8.80. The minimum absolute atomic E-state index is 0.0284. The molecule has 1 aliphatic rings. The van der Waals surface area contributed by atoms with E-state index in [4.69, 9.17) is 15.2 Å². The van der Waals surface area contributed by atoms with Crippen LogP contribution in [0.2, 0.25) is 0 Å². The number of primary amides is 1. The summed E-state index contributed by atoms with van der Waals surface area (Å²) in [4.78, 5) is 45.6. The second kappa shape index (κ2) is 9.54. The Morgan fingerprint density at radius 1 is 1.34 bits per heavy atom. The van der Waals surface area contributed by atoms with Crippen molar-refractivity contribution in [3.63, 3.8) is 0 Å². The third kappa shape index (κ3) is 5.44. The van der Waals surface area contributed by atoms with Crippen molar-refractivity contribution in [2.75, 3.05) is 14.2 Å². The third-order valence-corrected chi connectivity index (χ3v) is 4.62. The van der Waals surface area contributed by atoms with E-state index in [1.54, 1.807) is 0 Å². The van der Waals surface area contributed by atoms with Crippen LogP contribution in [-0.4, -0.2) is 59.8 Å². The molecule has 154 valence electrons. The zero-order chi connectivity index (χ0) is 21.6. The van der Waals surface area contributed by atoms with Crippen LogP contribution in [0.15, 0.2) is 22.3 Å². The average molecular weight is 423 g/mol. The van der Waals surface area contributed by atoms with Gasteiger partial charge in [0, 0.05) is 12.0 Å². The van der Waals surface area contributed by atoms with Gasteiger partial charge in [-0.25, -0.2) is 9.59 Å². The van der Waals surface area contributed by atoms with Gasteiger partial charge in [0.25, 0.3) is 0 Å². The molecule has 0 bridgehead atoms. The van der Waals surface area contributed by atoms with Crippen LogP contribution >= 0.6 is 11.8 Å². The Labute approximate surface area is 168 Å². The van der Waals surface area contributed by atoms with Crippen LogP contribution in [0.25, 0.3) is 0 Å². The lowest BCUT2D eigenvalue weighted by Crippen LogP contribution is -2.37. The number of nitrogens with two attached hydrogens (primary N) is 1. The molecule has 12 nitrogen and oxygen atoms in total. The van der Waals surface area contributed by atoms with Crippen molar-refractivity contribution in [3.05, 3.63) is 23.3 Å². The Balaban J connectivity index is 2.16. The molecule has 4 amide bonds. The van der Waals surface area contributed by atoms with Crippen molar-refractivity contribution >= 4 is 47.0 Å². The number of carboxylic acid groups (broad SMARTS) is 1. The highest BCUT2D eigenvalue weighted by atomic mass is 32.2. The van der Waals surface area contributed by atoms with E-state index in [1.807, 2.05) is 5.32 Å². The number of benzene rings is 1. The number of rotatable bonds is 7. The zero-order valence-electron chi connectivity index (χ0n) is 15.3. The van der Waals surface area contributed by atoms with E-state index in [0.29, 0.717) is 0 Å². The van der Waals surface area contributed by atoms with Gasteiger partial charge in [0.05, 0.1) is 20.4 Å². The SMILES string of the molecule is COc1ccc(/C=N\N=C2\NC(=O)[C@H](CC(=O)NC(N)=O)S2)c(C(=O)O)c1OC. The lowest BCUT2D eigenvalue weighted by molar-refractivity contribution is -0.124. The van der Waals surface area contributed by atoms with Crippen LogP contribution < -0.4 is 25.8 Å². The van der Waals surface area contributed by atoms with Gasteiger partial charge in [-0.05, 0) is 12.1 Å². The Morgan fingerprint density at radius 2 is 2.07 bits per heavy atom. The lowest BCUT2D eigenvalue weighted by Gasteiger charge is -2.11. The van der Waals surface area contributed by atoms with Gasteiger partial charge < -0.3 is 25.6 Å². The van der Waals surface area contributed by atoms with E-state index < -0.39 is 29.1 Å². The molecule has 1 aromatic carbocycles. The number of nitrogens with one attached hydrogen (secondary N) is 2. The standard InChI is InChI=1S/C16H17N5O7S/c1-27-8-4-3-7(11(14(24)25)12(8)28-2)6-18-21-16-20-13(23)9(29-16)5-10(22)19-15(17)26/h3-4,6,9H,5H2,1-2H3,(H,24,25)(H,20,21,23)(H3,17,19,22,26)/b18-6-/t9-/m0/s1. The normalized spacial score (nSPS) is 17.2. The molecule has 1 aliphatic heterocycles. The van der Waals surface area contributed by atoms with Gasteiger partial charge in [0.1, 0.15) is 10.8 Å². The number of carboxylic acids is 1. The van der Waals surface area contributed by atoms with Gasteiger partial charge in [-0.3, -0.25) is 14.9 Å². The highest BCUT2D eigenvalue weighted by Gasteiger charge is 2.32. The van der Waals surface area contributed by atoms with Crippen LogP contribution in [0.1, 0.15) is 22.3 Å². The van der Waals surface area contributed by atoms with Crippen molar-refractivity contribution in [2.24, 2.45) is 15.9 Å². The Hall–Kier alpha value is -3.61. The number of urea groups is 1. The van der Waals surface area contributed by atoms with E-state index in [-0.39, 0.29) is 34.2 Å². The van der Waals surface area contributed by atoms with Gasteiger partial charge in [-0.15, -0.1) is 5.10 Å². The van der Waals surface area contributed by atoms with E-state index in [0.717, 1.165) is 11.8 Å². The number of hydrogen-bond donors (Lipinski definition) is 4. The first-order valence-electron chi connectivity index (χ1n) is 7.92. The maximum absolute atomic E-state index is 11.9. The molecule has 1 heterocycles. The van der Waals surface area contributed by atoms with Crippen molar-refractivity contribution < 1.29 is 33.8 Å². The summed E-state index contributed by atoms with van der Waals surface area (Å²) in [6, 6.07) is 1.96. The van der Waals surface area contributed by atoms with E-state index in [9.17, 15) is 24.3 Å². The van der Waals surface area contributed by atoms with Crippen molar-refractivity contribution in [1.29, 1.82) is 0 Å². The summed E-state index contributed by atoms with van der Waals surface area (Å²) < 4.78 is 10.2. The van der Waals surface area contributed by atoms with Gasteiger partial charge in [0.2, 0.25) is 11.8 Å². The predicted octanol–water partition coefficient (Wildman–Crippen LogP) is -0.0915. The highest BCUT2D eigenvalue weighted by molar-refractivity contribution is 8.15. The van der Waals surface area contributed by atoms with Crippen LogP contribution in [0.3, 0.4) is 0 Å². The van der Waals surface area contributed by atoms with Crippen molar-refractivity contribution in [1.82, 2.24) is 10.6 Å². The molecule has 13 heteroatoms. The van der Waals surface area contributed by atoms with Gasteiger partial charge in [-0.1, -0.05) is 11.8 Å². The highest BCUT2D eigenvalue weighted by Crippen LogP contribution is 2.33. The molecule has 0 radical (unpaired) electrons. The molecule has 1 atom stereocenters. The molecule has 29 heavy (non-hydrogen) atoms. The number of aromatic carboxylic acids is 1. The number of hydrogen-bond acceptors (Lipinski definition) is 9. The summed E-state index contributed by atoms with van der Waals surface area (Å²) in [5, 5.41) is 20.7. The third-order valence-electron chi connectivity index (χ3n) is 3.55. The number of thioether (sulfide) groups is 1. The second-order valence-electron chi connectivity index (χ2n) is 5.43. The molecule has 1 saturated heterocycles. The summed E-state index contributed by atoms with van der Waals surface area (Å²) in [5.41, 5.74) is 4.88. The first kappa shape index (κ1) is 21.7.